The summed E-state index contributed by atoms with van der Waals surface area (Å²) in [6.07, 6.45) is 1.41. The van der Waals surface area contributed by atoms with E-state index in [0.717, 1.165) is 16.3 Å². The van der Waals surface area contributed by atoms with Gasteiger partial charge in [-0.2, -0.15) is 0 Å². The molecule has 1 atom stereocenters. The van der Waals surface area contributed by atoms with Gasteiger partial charge in [-0.05, 0) is 49.1 Å². The molecule has 1 heterocycles. The summed E-state index contributed by atoms with van der Waals surface area (Å²) in [7, 11) is -7.47. The summed E-state index contributed by atoms with van der Waals surface area (Å²) in [6, 6.07) is 13.9. The number of benzene rings is 2. The molecular formula is C20H24N2O5S2. The molecule has 0 unspecified atom stereocenters. The van der Waals surface area contributed by atoms with Gasteiger partial charge in [-0.1, -0.05) is 37.3 Å². The van der Waals surface area contributed by atoms with Gasteiger partial charge >= 0.3 is 0 Å². The highest BCUT2D eigenvalue weighted by Gasteiger charge is 2.42. The predicted octanol–water partition coefficient (Wildman–Crippen LogP) is 2.22. The fourth-order valence-electron chi connectivity index (χ4n) is 3.37. The third kappa shape index (κ3) is 4.68. The number of carbonyl (C=O) groups excluding carboxylic acids is 1. The van der Waals surface area contributed by atoms with Crippen LogP contribution in [-0.2, 0) is 31.3 Å². The topological polar surface area (TPSA) is 101 Å². The maximum absolute atomic E-state index is 12.6. The van der Waals surface area contributed by atoms with Gasteiger partial charge in [0.2, 0.25) is 26.0 Å². The third-order valence-electron chi connectivity index (χ3n) is 4.82. The maximum atomic E-state index is 12.6. The van der Waals surface area contributed by atoms with Crippen LogP contribution in [-0.4, -0.2) is 35.0 Å². The van der Waals surface area contributed by atoms with Crippen LogP contribution >= 0.6 is 0 Å². The first kappa shape index (κ1) is 21.5. The lowest BCUT2D eigenvalue weighted by Gasteiger charge is -2.17. The Balaban J connectivity index is 1.71. The van der Waals surface area contributed by atoms with Crippen LogP contribution in [0.15, 0.2) is 53.4 Å². The molecule has 1 N–H and O–H groups in total. The molecular weight excluding hydrogens is 412 g/mol. The minimum absolute atomic E-state index is 0.0676. The summed E-state index contributed by atoms with van der Waals surface area (Å²) >= 11 is 0. The monoisotopic (exact) mass is 436 g/mol. The molecule has 1 aliphatic heterocycles. The molecule has 0 bridgehead atoms. The zero-order valence-electron chi connectivity index (χ0n) is 16.3. The summed E-state index contributed by atoms with van der Waals surface area (Å²) in [5, 5.41) is 0. The van der Waals surface area contributed by atoms with Crippen molar-refractivity contribution in [2.24, 2.45) is 5.92 Å². The van der Waals surface area contributed by atoms with Gasteiger partial charge in [0.1, 0.15) is 0 Å². The molecule has 0 aliphatic carbocycles. The Kier molecular flexibility index (Phi) is 6.11. The van der Waals surface area contributed by atoms with Gasteiger partial charge in [-0.15, -0.1) is 0 Å². The number of rotatable bonds is 7. The van der Waals surface area contributed by atoms with Gasteiger partial charge in [0, 0.05) is 6.54 Å². The minimum Gasteiger partial charge on any atom is -0.273 e. The van der Waals surface area contributed by atoms with E-state index in [1.165, 1.54) is 18.2 Å². The molecule has 2 aromatic carbocycles. The standard InChI is InChI=1S/C20H24N2O5S2/c1-15-13-18(22-20(23)16(2)14-28(22,24)25)10-11-19(15)29(26,27)21-12-6-9-17-7-4-3-5-8-17/h3-5,7-8,10-11,13,16,21H,6,9,12,14H2,1-2H3/t16-/m0/s1. The van der Waals surface area contributed by atoms with Crippen molar-refractivity contribution in [2.45, 2.75) is 31.6 Å². The largest absolute Gasteiger partial charge is 0.273 e. The van der Waals surface area contributed by atoms with Gasteiger partial charge in [0.15, 0.2) is 0 Å². The van der Waals surface area contributed by atoms with Crippen LogP contribution in [0.25, 0.3) is 0 Å². The molecule has 0 saturated carbocycles. The first-order valence-corrected chi connectivity index (χ1v) is 12.4. The van der Waals surface area contributed by atoms with E-state index in [2.05, 4.69) is 4.72 Å². The van der Waals surface area contributed by atoms with Gasteiger partial charge in [0.25, 0.3) is 0 Å². The van der Waals surface area contributed by atoms with Crippen molar-refractivity contribution in [1.29, 1.82) is 0 Å². The summed E-state index contributed by atoms with van der Waals surface area (Å²) < 4.78 is 53.1. The third-order valence-corrected chi connectivity index (χ3v) is 8.31. The Morgan fingerprint density at radius 1 is 1.14 bits per heavy atom. The van der Waals surface area contributed by atoms with E-state index in [9.17, 15) is 21.6 Å². The SMILES string of the molecule is Cc1cc(N2C(=O)[C@@H](C)CS2(=O)=O)ccc1S(=O)(=O)NCCCc1ccccc1. The molecule has 0 radical (unpaired) electrons. The lowest BCUT2D eigenvalue weighted by Crippen LogP contribution is -2.30. The van der Waals surface area contributed by atoms with Gasteiger partial charge < -0.3 is 0 Å². The number of carbonyl (C=O) groups is 1. The number of sulfonamides is 2. The molecule has 3 rings (SSSR count). The van der Waals surface area contributed by atoms with Gasteiger partial charge in [-0.3, -0.25) is 4.79 Å². The van der Waals surface area contributed by atoms with E-state index in [1.807, 2.05) is 30.3 Å². The summed E-state index contributed by atoms with van der Waals surface area (Å²) in [5.41, 5.74) is 1.68. The number of nitrogens with one attached hydrogen (secondary N) is 1. The van der Waals surface area contributed by atoms with Crippen LogP contribution in [0.1, 0.15) is 24.5 Å². The van der Waals surface area contributed by atoms with Crippen molar-refractivity contribution >= 4 is 31.6 Å². The second-order valence-electron chi connectivity index (χ2n) is 7.22. The van der Waals surface area contributed by atoms with Crippen molar-refractivity contribution in [3.05, 3.63) is 59.7 Å². The first-order valence-electron chi connectivity index (χ1n) is 9.33. The van der Waals surface area contributed by atoms with Crippen LogP contribution in [0.4, 0.5) is 5.69 Å². The smallest absolute Gasteiger partial charge is 0.244 e. The van der Waals surface area contributed by atoms with E-state index in [-0.39, 0.29) is 22.9 Å². The molecule has 29 heavy (non-hydrogen) atoms. The second kappa shape index (κ2) is 8.25. The number of anilines is 1. The van der Waals surface area contributed by atoms with E-state index in [4.69, 9.17) is 0 Å². The molecule has 1 aliphatic rings. The fraction of sp³-hybridized carbons (Fsp3) is 0.350. The van der Waals surface area contributed by atoms with E-state index in [1.54, 1.807) is 13.8 Å². The molecule has 1 fully saturated rings. The van der Waals surface area contributed by atoms with Crippen molar-refractivity contribution in [2.75, 3.05) is 16.6 Å². The Morgan fingerprint density at radius 2 is 1.83 bits per heavy atom. The van der Waals surface area contributed by atoms with Crippen molar-refractivity contribution < 1.29 is 21.6 Å². The Morgan fingerprint density at radius 3 is 2.41 bits per heavy atom. The predicted molar refractivity (Wildman–Crippen MR) is 112 cm³/mol. The lowest BCUT2D eigenvalue weighted by molar-refractivity contribution is -0.119. The van der Waals surface area contributed by atoms with Crippen molar-refractivity contribution in [1.82, 2.24) is 4.72 Å². The summed E-state index contributed by atoms with van der Waals surface area (Å²) in [5.74, 6) is -1.36. The van der Waals surface area contributed by atoms with Crippen molar-refractivity contribution in [3.63, 3.8) is 0 Å². The van der Waals surface area contributed by atoms with Crippen LogP contribution in [0, 0.1) is 12.8 Å². The minimum atomic E-state index is -3.74. The van der Waals surface area contributed by atoms with Crippen LogP contribution in [0.2, 0.25) is 0 Å². The molecule has 0 spiro atoms. The normalized spacial score (nSPS) is 18.9. The second-order valence-corrected chi connectivity index (χ2v) is 10.8. The number of hydrogen-bond donors (Lipinski definition) is 1. The molecule has 1 amide bonds. The molecule has 1 saturated heterocycles. The number of aryl methyl sites for hydroxylation is 2. The highest BCUT2D eigenvalue weighted by atomic mass is 32.2. The van der Waals surface area contributed by atoms with Gasteiger partial charge in [0.05, 0.1) is 22.3 Å². The molecule has 7 nitrogen and oxygen atoms in total. The zero-order valence-corrected chi connectivity index (χ0v) is 18.0. The zero-order chi connectivity index (χ0) is 21.2. The number of nitrogens with zero attached hydrogens (tertiary/aromatic N) is 1. The number of hydrogen-bond acceptors (Lipinski definition) is 5. The van der Waals surface area contributed by atoms with E-state index < -0.39 is 31.9 Å². The van der Waals surface area contributed by atoms with E-state index in [0.29, 0.717) is 12.0 Å². The van der Waals surface area contributed by atoms with Crippen LogP contribution in [0.5, 0.6) is 0 Å². The molecule has 0 aromatic heterocycles. The average Bonchev–Trinajstić information content (AvgIpc) is 2.86. The highest BCUT2D eigenvalue weighted by Crippen LogP contribution is 2.30. The van der Waals surface area contributed by atoms with Crippen LogP contribution in [0.3, 0.4) is 0 Å². The summed E-state index contributed by atoms with van der Waals surface area (Å²) in [6.45, 7) is 3.43. The Labute approximate surface area is 171 Å². The Hall–Kier alpha value is -2.23. The quantitative estimate of drug-likeness (QED) is 0.671. The van der Waals surface area contributed by atoms with Crippen LogP contribution < -0.4 is 9.03 Å². The first-order chi connectivity index (χ1) is 13.6. The maximum Gasteiger partial charge on any atom is 0.244 e. The summed E-state index contributed by atoms with van der Waals surface area (Å²) in [4.78, 5) is 12.3. The molecule has 9 heteroatoms. The molecule has 156 valence electrons. The van der Waals surface area contributed by atoms with E-state index >= 15 is 0 Å². The van der Waals surface area contributed by atoms with Crippen molar-refractivity contribution in [3.8, 4) is 0 Å². The highest BCUT2D eigenvalue weighted by molar-refractivity contribution is 7.94. The Bertz CT molecular complexity index is 1110. The lowest BCUT2D eigenvalue weighted by atomic mass is 10.1. The average molecular weight is 437 g/mol. The number of amides is 1. The fourth-order valence-corrected chi connectivity index (χ4v) is 6.48. The molecule has 2 aromatic rings. The van der Waals surface area contributed by atoms with Gasteiger partial charge in [-0.25, -0.2) is 25.9 Å².